The van der Waals surface area contributed by atoms with Crippen molar-refractivity contribution < 1.29 is 4.79 Å². The molecule has 0 aliphatic heterocycles. The quantitative estimate of drug-likeness (QED) is 0.629. The molecule has 0 atom stereocenters. The summed E-state index contributed by atoms with van der Waals surface area (Å²) in [6, 6.07) is 19.6. The second kappa shape index (κ2) is 7.43. The highest BCUT2D eigenvalue weighted by Crippen LogP contribution is 2.19. The largest absolute Gasteiger partial charge is 0.337 e. The van der Waals surface area contributed by atoms with Crippen molar-refractivity contribution in [3.8, 4) is 11.3 Å². The molecule has 0 saturated heterocycles. The predicted octanol–water partition coefficient (Wildman–Crippen LogP) is 3.95. The first-order valence-electron chi connectivity index (χ1n) is 7.18. The summed E-state index contributed by atoms with van der Waals surface area (Å²) in [7, 11) is 0. The molecule has 0 fully saturated rings. The standard InChI is InChI=1S/C17H14ClN5O/c18-13-8-6-12(7-9-13)15-10-11-16(21-20-15)22-23-17(24)19-14-4-2-1-3-5-14/h1-11H,(H,21,22)(H2,19,23,24). The number of benzene rings is 2. The van der Waals surface area contributed by atoms with E-state index in [0.717, 1.165) is 5.56 Å². The summed E-state index contributed by atoms with van der Waals surface area (Å²) in [5, 5.41) is 11.5. The van der Waals surface area contributed by atoms with E-state index >= 15 is 0 Å². The highest BCUT2D eigenvalue weighted by Gasteiger charge is 2.03. The number of anilines is 2. The van der Waals surface area contributed by atoms with Crippen molar-refractivity contribution >= 4 is 29.1 Å². The van der Waals surface area contributed by atoms with E-state index in [1.807, 2.05) is 30.3 Å². The zero-order valence-electron chi connectivity index (χ0n) is 12.5. The van der Waals surface area contributed by atoms with E-state index in [1.165, 1.54) is 0 Å². The van der Waals surface area contributed by atoms with E-state index in [2.05, 4.69) is 26.4 Å². The highest BCUT2D eigenvalue weighted by atomic mass is 35.5. The van der Waals surface area contributed by atoms with Crippen LogP contribution in [0.2, 0.25) is 5.02 Å². The van der Waals surface area contributed by atoms with Crippen LogP contribution in [-0.2, 0) is 0 Å². The zero-order chi connectivity index (χ0) is 16.8. The van der Waals surface area contributed by atoms with Gasteiger partial charge in [0.2, 0.25) is 0 Å². The van der Waals surface area contributed by atoms with Gasteiger partial charge in [0.15, 0.2) is 5.82 Å². The predicted molar refractivity (Wildman–Crippen MR) is 94.7 cm³/mol. The van der Waals surface area contributed by atoms with Crippen LogP contribution in [0.1, 0.15) is 0 Å². The second-order valence-corrected chi connectivity index (χ2v) is 5.32. The smallest absolute Gasteiger partial charge is 0.307 e. The SMILES string of the molecule is O=C(NNc1ccc(-c2ccc(Cl)cc2)nn1)Nc1ccccc1. The molecule has 0 aliphatic rings. The van der Waals surface area contributed by atoms with Crippen LogP contribution in [-0.4, -0.2) is 16.2 Å². The van der Waals surface area contributed by atoms with Gasteiger partial charge in [-0.25, -0.2) is 10.2 Å². The summed E-state index contributed by atoms with van der Waals surface area (Å²) in [6.45, 7) is 0. The Labute approximate surface area is 143 Å². The van der Waals surface area contributed by atoms with Crippen LogP contribution in [0.5, 0.6) is 0 Å². The third kappa shape index (κ3) is 4.21. The van der Waals surface area contributed by atoms with Crippen molar-refractivity contribution in [3.05, 3.63) is 71.8 Å². The van der Waals surface area contributed by atoms with E-state index in [1.54, 1.807) is 36.4 Å². The maximum absolute atomic E-state index is 11.8. The van der Waals surface area contributed by atoms with Crippen molar-refractivity contribution in [1.29, 1.82) is 0 Å². The lowest BCUT2D eigenvalue weighted by Gasteiger charge is -2.09. The van der Waals surface area contributed by atoms with E-state index in [0.29, 0.717) is 22.2 Å². The third-order valence-corrected chi connectivity index (χ3v) is 3.39. The molecule has 2 aromatic carbocycles. The number of carbonyl (C=O) groups is 1. The van der Waals surface area contributed by atoms with Crippen LogP contribution < -0.4 is 16.2 Å². The first-order chi connectivity index (χ1) is 11.7. The zero-order valence-corrected chi connectivity index (χ0v) is 13.3. The van der Waals surface area contributed by atoms with Gasteiger partial charge < -0.3 is 5.32 Å². The van der Waals surface area contributed by atoms with Gasteiger partial charge in [-0.1, -0.05) is 41.9 Å². The maximum atomic E-state index is 11.8. The lowest BCUT2D eigenvalue weighted by molar-refractivity contribution is 0.254. The molecule has 3 rings (SSSR count). The number of nitrogens with zero attached hydrogens (tertiary/aromatic N) is 2. The summed E-state index contributed by atoms with van der Waals surface area (Å²) in [5.74, 6) is 0.427. The van der Waals surface area contributed by atoms with E-state index in [-0.39, 0.29) is 0 Å². The van der Waals surface area contributed by atoms with Gasteiger partial charge in [0.1, 0.15) is 0 Å². The van der Waals surface area contributed by atoms with Crippen LogP contribution in [0, 0.1) is 0 Å². The van der Waals surface area contributed by atoms with Gasteiger partial charge in [-0.3, -0.25) is 5.43 Å². The first kappa shape index (κ1) is 15.8. The Morgan fingerprint density at radius 2 is 1.62 bits per heavy atom. The van der Waals surface area contributed by atoms with Gasteiger partial charge in [0.25, 0.3) is 0 Å². The Balaban J connectivity index is 1.56. The number of hydrogen-bond acceptors (Lipinski definition) is 4. The summed E-state index contributed by atoms with van der Waals surface area (Å²) >= 11 is 5.86. The summed E-state index contributed by atoms with van der Waals surface area (Å²) in [4.78, 5) is 11.8. The number of rotatable bonds is 4. The molecule has 1 heterocycles. The highest BCUT2D eigenvalue weighted by molar-refractivity contribution is 6.30. The number of para-hydroxylation sites is 1. The molecule has 0 aliphatic carbocycles. The Kier molecular flexibility index (Phi) is 4.88. The van der Waals surface area contributed by atoms with Crippen LogP contribution in [0.3, 0.4) is 0 Å². The van der Waals surface area contributed by atoms with Crippen molar-refractivity contribution in [1.82, 2.24) is 15.6 Å². The normalized spacial score (nSPS) is 10.0. The molecule has 0 bridgehead atoms. The molecular formula is C17H14ClN5O. The van der Waals surface area contributed by atoms with Gasteiger partial charge in [-0.05, 0) is 36.4 Å². The minimum Gasteiger partial charge on any atom is -0.307 e. The molecular weight excluding hydrogens is 326 g/mol. The molecule has 0 unspecified atom stereocenters. The Bertz CT molecular complexity index is 807. The van der Waals surface area contributed by atoms with Crippen LogP contribution in [0.25, 0.3) is 11.3 Å². The lowest BCUT2D eigenvalue weighted by atomic mass is 10.1. The Morgan fingerprint density at radius 1 is 0.875 bits per heavy atom. The summed E-state index contributed by atoms with van der Waals surface area (Å²) in [6.07, 6.45) is 0. The van der Waals surface area contributed by atoms with Crippen molar-refractivity contribution in [2.75, 3.05) is 10.7 Å². The first-order valence-corrected chi connectivity index (χ1v) is 7.56. The second-order valence-electron chi connectivity index (χ2n) is 4.88. The molecule has 120 valence electrons. The van der Waals surface area contributed by atoms with Gasteiger partial charge in [0, 0.05) is 16.3 Å². The average Bonchev–Trinajstić information content (AvgIpc) is 2.62. The average molecular weight is 340 g/mol. The fourth-order valence-corrected chi connectivity index (χ4v) is 2.10. The van der Waals surface area contributed by atoms with Gasteiger partial charge in [-0.15, -0.1) is 10.2 Å². The monoisotopic (exact) mass is 339 g/mol. The molecule has 1 aromatic heterocycles. The molecule has 0 saturated carbocycles. The van der Waals surface area contributed by atoms with Crippen molar-refractivity contribution in [2.45, 2.75) is 0 Å². The molecule has 2 amide bonds. The Hall–Kier alpha value is -3.12. The minimum atomic E-state index is -0.398. The molecule has 0 spiro atoms. The number of hydrazine groups is 1. The van der Waals surface area contributed by atoms with E-state index < -0.39 is 6.03 Å². The number of urea groups is 1. The van der Waals surface area contributed by atoms with Crippen molar-refractivity contribution in [2.24, 2.45) is 0 Å². The van der Waals surface area contributed by atoms with Crippen LogP contribution >= 0.6 is 11.6 Å². The summed E-state index contributed by atoms with van der Waals surface area (Å²) in [5.41, 5.74) is 7.51. The molecule has 6 nitrogen and oxygen atoms in total. The van der Waals surface area contributed by atoms with E-state index in [9.17, 15) is 4.79 Å². The maximum Gasteiger partial charge on any atom is 0.337 e. The van der Waals surface area contributed by atoms with Gasteiger partial charge in [-0.2, -0.15) is 0 Å². The molecule has 3 aromatic rings. The van der Waals surface area contributed by atoms with Crippen LogP contribution in [0.15, 0.2) is 66.7 Å². The van der Waals surface area contributed by atoms with Gasteiger partial charge >= 0.3 is 6.03 Å². The lowest BCUT2D eigenvalue weighted by Crippen LogP contribution is -2.33. The molecule has 7 heteroatoms. The van der Waals surface area contributed by atoms with Crippen molar-refractivity contribution in [3.63, 3.8) is 0 Å². The van der Waals surface area contributed by atoms with Crippen LogP contribution in [0.4, 0.5) is 16.3 Å². The minimum absolute atomic E-state index is 0.398. The van der Waals surface area contributed by atoms with E-state index in [4.69, 9.17) is 11.6 Å². The number of halogens is 1. The van der Waals surface area contributed by atoms with Gasteiger partial charge in [0.05, 0.1) is 5.69 Å². The number of hydrogen-bond donors (Lipinski definition) is 3. The Morgan fingerprint density at radius 3 is 2.29 bits per heavy atom. The summed E-state index contributed by atoms with van der Waals surface area (Å²) < 4.78 is 0. The number of amides is 2. The molecule has 24 heavy (non-hydrogen) atoms. The number of carbonyl (C=O) groups excluding carboxylic acids is 1. The number of nitrogens with one attached hydrogen (secondary N) is 3. The third-order valence-electron chi connectivity index (χ3n) is 3.14. The fraction of sp³-hybridized carbons (Fsp3) is 0. The topological polar surface area (TPSA) is 78.9 Å². The fourth-order valence-electron chi connectivity index (χ4n) is 1.98. The number of aromatic nitrogens is 2. The molecule has 0 radical (unpaired) electrons. The molecule has 3 N–H and O–H groups in total.